The van der Waals surface area contributed by atoms with Gasteiger partial charge in [0.2, 0.25) is 0 Å². The summed E-state index contributed by atoms with van der Waals surface area (Å²) in [6.45, 7) is 0.613. The average molecular weight is 302 g/mol. The maximum absolute atomic E-state index is 12.4. The lowest BCUT2D eigenvalue weighted by atomic mass is 10.2. The molecule has 0 aliphatic rings. The summed E-state index contributed by atoms with van der Waals surface area (Å²) in [7, 11) is 3.29. The Morgan fingerprint density at radius 3 is 2.76 bits per heavy atom. The fraction of sp³-hybridized carbons (Fsp3) is 0.250. The highest BCUT2D eigenvalue weighted by Gasteiger charge is 2.15. The van der Waals surface area contributed by atoms with Crippen LogP contribution in [-0.2, 0) is 16.0 Å². The fourth-order valence-electron chi connectivity index (χ4n) is 1.84. The molecule has 2 aromatic rings. The molecule has 110 valence electrons. The van der Waals surface area contributed by atoms with Gasteiger partial charge in [0.1, 0.15) is 0 Å². The van der Waals surface area contributed by atoms with Crippen molar-refractivity contribution in [1.29, 1.82) is 0 Å². The molecule has 0 fully saturated rings. The van der Waals surface area contributed by atoms with Gasteiger partial charge in [-0.25, -0.2) is 4.98 Å². The SMILES string of the molecule is COC(=Cc1ccccc1)C(=O)N(C)CCc1nccs1. The van der Waals surface area contributed by atoms with Crippen molar-refractivity contribution in [2.24, 2.45) is 0 Å². The monoisotopic (exact) mass is 302 g/mol. The number of rotatable bonds is 6. The summed E-state index contributed by atoms with van der Waals surface area (Å²) in [4.78, 5) is 18.2. The number of amides is 1. The molecule has 21 heavy (non-hydrogen) atoms. The van der Waals surface area contributed by atoms with Crippen LogP contribution in [0.3, 0.4) is 0 Å². The fourth-order valence-corrected chi connectivity index (χ4v) is 2.45. The van der Waals surface area contributed by atoms with E-state index in [1.807, 2.05) is 35.7 Å². The van der Waals surface area contributed by atoms with Crippen LogP contribution in [0.4, 0.5) is 0 Å². The first-order valence-electron chi connectivity index (χ1n) is 6.65. The highest BCUT2D eigenvalue weighted by atomic mass is 32.1. The molecular weight excluding hydrogens is 284 g/mol. The average Bonchev–Trinajstić information content (AvgIpc) is 3.04. The van der Waals surface area contributed by atoms with Gasteiger partial charge < -0.3 is 9.64 Å². The smallest absolute Gasteiger partial charge is 0.288 e. The second-order valence-electron chi connectivity index (χ2n) is 4.53. The third-order valence-corrected chi connectivity index (χ3v) is 3.86. The molecule has 5 heteroatoms. The van der Waals surface area contributed by atoms with Gasteiger partial charge in [-0.1, -0.05) is 30.3 Å². The summed E-state index contributed by atoms with van der Waals surface area (Å²) >= 11 is 1.60. The summed E-state index contributed by atoms with van der Waals surface area (Å²) in [5.74, 6) is 0.209. The van der Waals surface area contributed by atoms with Crippen molar-refractivity contribution < 1.29 is 9.53 Å². The highest BCUT2D eigenvalue weighted by molar-refractivity contribution is 7.09. The zero-order valence-electron chi connectivity index (χ0n) is 12.2. The van der Waals surface area contributed by atoms with Crippen molar-refractivity contribution in [1.82, 2.24) is 9.88 Å². The van der Waals surface area contributed by atoms with Gasteiger partial charge in [-0.15, -0.1) is 11.3 Å². The van der Waals surface area contributed by atoms with Crippen molar-refractivity contribution >= 4 is 23.3 Å². The summed E-state index contributed by atoms with van der Waals surface area (Å²) in [6.07, 6.45) is 4.28. The van der Waals surface area contributed by atoms with Crippen molar-refractivity contribution in [3.05, 3.63) is 58.2 Å². The zero-order valence-corrected chi connectivity index (χ0v) is 13.0. The normalized spacial score (nSPS) is 11.2. The van der Waals surface area contributed by atoms with Crippen LogP contribution in [0, 0.1) is 0 Å². The van der Waals surface area contributed by atoms with E-state index >= 15 is 0 Å². The first-order valence-corrected chi connectivity index (χ1v) is 7.53. The summed E-state index contributed by atoms with van der Waals surface area (Å²) in [6, 6.07) is 9.65. The minimum atomic E-state index is -0.127. The molecule has 0 aliphatic carbocycles. The van der Waals surface area contributed by atoms with Gasteiger partial charge in [0.25, 0.3) is 5.91 Å². The second kappa shape index (κ2) is 7.59. The molecule has 0 saturated heterocycles. The van der Waals surface area contributed by atoms with E-state index in [0.717, 1.165) is 17.0 Å². The molecule has 0 unspecified atom stereocenters. The van der Waals surface area contributed by atoms with Crippen LogP contribution < -0.4 is 0 Å². The lowest BCUT2D eigenvalue weighted by molar-refractivity contribution is -0.128. The standard InChI is InChI=1S/C16H18N2O2S/c1-18(10-8-15-17-9-11-21-15)16(19)14(20-2)12-13-6-4-3-5-7-13/h3-7,9,11-12H,8,10H2,1-2H3. The Morgan fingerprint density at radius 1 is 1.38 bits per heavy atom. The Bertz CT molecular complexity index is 594. The zero-order chi connectivity index (χ0) is 15.1. The van der Waals surface area contributed by atoms with Crippen LogP contribution >= 0.6 is 11.3 Å². The number of benzene rings is 1. The van der Waals surface area contributed by atoms with E-state index < -0.39 is 0 Å². The summed E-state index contributed by atoms with van der Waals surface area (Å²) in [5, 5.41) is 2.97. The molecule has 1 heterocycles. The van der Waals surface area contributed by atoms with Gasteiger partial charge in [0, 0.05) is 31.6 Å². The molecule has 2 rings (SSSR count). The van der Waals surface area contributed by atoms with Gasteiger partial charge >= 0.3 is 0 Å². The molecule has 1 aromatic heterocycles. The van der Waals surface area contributed by atoms with Crippen LogP contribution in [-0.4, -0.2) is 36.5 Å². The minimum absolute atomic E-state index is 0.127. The van der Waals surface area contributed by atoms with Crippen molar-refractivity contribution in [3.63, 3.8) is 0 Å². The molecule has 0 bridgehead atoms. The molecule has 0 saturated carbocycles. The van der Waals surface area contributed by atoms with Gasteiger partial charge in [0.05, 0.1) is 12.1 Å². The van der Waals surface area contributed by atoms with Crippen LogP contribution in [0.2, 0.25) is 0 Å². The largest absolute Gasteiger partial charge is 0.491 e. The van der Waals surface area contributed by atoms with E-state index in [0.29, 0.717) is 12.3 Å². The molecule has 0 aliphatic heterocycles. The topological polar surface area (TPSA) is 42.4 Å². The first-order chi connectivity index (χ1) is 10.2. The summed E-state index contributed by atoms with van der Waals surface area (Å²) < 4.78 is 5.23. The number of hydrogen-bond donors (Lipinski definition) is 0. The molecule has 0 spiro atoms. The Balaban J connectivity index is 2.00. The molecule has 0 radical (unpaired) electrons. The van der Waals surface area contributed by atoms with Crippen LogP contribution in [0.15, 0.2) is 47.7 Å². The van der Waals surface area contributed by atoms with Gasteiger partial charge in [-0.3, -0.25) is 4.79 Å². The van der Waals surface area contributed by atoms with Crippen molar-refractivity contribution in [2.45, 2.75) is 6.42 Å². The number of thiazole rings is 1. The van der Waals surface area contributed by atoms with E-state index in [4.69, 9.17) is 4.74 Å². The number of carbonyl (C=O) groups excluding carboxylic acids is 1. The predicted octanol–water partition coefficient (Wildman–Crippen LogP) is 2.83. The van der Waals surface area contributed by atoms with Gasteiger partial charge in [-0.05, 0) is 11.6 Å². The number of nitrogens with zero attached hydrogens (tertiary/aromatic N) is 2. The lowest BCUT2D eigenvalue weighted by Crippen LogP contribution is -2.30. The molecule has 4 nitrogen and oxygen atoms in total. The van der Waals surface area contributed by atoms with E-state index in [9.17, 15) is 4.79 Å². The minimum Gasteiger partial charge on any atom is -0.491 e. The molecule has 1 amide bonds. The van der Waals surface area contributed by atoms with Crippen LogP contribution in [0.25, 0.3) is 6.08 Å². The molecule has 0 N–H and O–H groups in total. The van der Waals surface area contributed by atoms with Crippen molar-refractivity contribution in [3.8, 4) is 0 Å². The number of ether oxygens (including phenoxy) is 1. The number of hydrogen-bond acceptors (Lipinski definition) is 4. The Labute approximate surface area is 128 Å². The number of aromatic nitrogens is 1. The summed E-state index contributed by atoms with van der Waals surface area (Å²) in [5.41, 5.74) is 0.941. The van der Waals surface area contributed by atoms with E-state index in [2.05, 4.69) is 4.98 Å². The van der Waals surface area contributed by atoms with E-state index in [1.165, 1.54) is 7.11 Å². The maximum Gasteiger partial charge on any atom is 0.288 e. The molecule has 1 aromatic carbocycles. The van der Waals surface area contributed by atoms with Gasteiger partial charge in [0.15, 0.2) is 5.76 Å². The van der Waals surface area contributed by atoms with Crippen molar-refractivity contribution in [2.75, 3.05) is 20.7 Å². The lowest BCUT2D eigenvalue weighted by Gasteiger charge is -2.17. The Hall–Kier alpha value is -2.14. The molecular formula is C16H18N2O2S. The third kappa shape index (κ3) is 4.43. The number of carbonyl (C=O) groups is 1. The predicted molar refractivity (Wildman–Crippen MR) is 84.9 cm³/mol. The second-order valence-corrected chi connectivity index (χ2v) is 5.51. The van der Waals surface area contributed by atoms with Crippen LogP contribution in [0.1, 0.15) is 10.6 Å². The van der Waals surface area contributed by atoms with E-state index in [-0.39, 0.29) is 5.91 Å². The third-order valence-electron chi connectivity index (χ3n) is 3.02. The highest BCUT2D eigenvalue weighted by Crippen LogP contribution is 2.11. The van der Waals surface area contributed by atoms with Gasteiger partial charge in [-0.2, -0.15) is 0 Å². The number of likely N-dealkylation sites (N-methyl/N-ethyl adjacent to an activating group) is 1. The Morgan fingerprint density at radius 2 is 2.14 bits per heavy atom. The maximum atomic E-state index is 12.4. The molecule has 0 atom stereocenters. The Kier molecular flexibility index (Phi) is 5.51. The quantitative estimate of drug-likeness (QED) is 0.609. The first kappa shape index (κ1) is 15.3. The van der Waals surface area contributed by atoms with E-state index in [1.54, 1.807) is 35.6 Å². The number of methoxy groups -OCH3 is 1. The van der Waals surface area contributed by atoms with Crippen LogP contribution in [0.5, 0.6) is 0 Å².